The van der Waals surface area contributed by atoms with Crippen LogP contribution in [0.4, 0.5) is 0 Å². The van der Waals surface area contributed by atoms with Crippen LogP contribution < -0.4 is 10.6 Å². The van der Waals surface area contributed by atoms with E-state index in [-0.39, 0.29) is 18.4 Å². The predicted molar refractivity (Wildman–Crippen MR) is 109 cm³/mol. The van der Waals surface area contributed by atoms with Gasteiger partial charge in [0.15, 0.2) is 5.96 Å². The molecule has 26 heavy (non-hydrogen) atoms. The minimum Gasteiger partial charge on any atom is -0.356 e. The van der Waals surface area contributed by atoms with Crippen molar-refractivity contribution in [3.05, 3.63) is 35.4 Å². The highest BCUT2D eigenvalue weighted by Crippen LogP contribution is 2.07. The summed E-state index contributed by atoms with van der Waals surface area (Å²) in [4.78, 5) is 31.3. The van der Waals surface area contributed by atoms with Gasteiger partial charge in [-0.05, 0) is 24.0 Å². The summed E-state index contributed by atoms with van der Waals surface area (Å²) < 4.78 is 0. The number of likely N-dealkylation sites (N-methyl/N-ethyl adjacent to an activating group) is 1. The highest BCUT2D eigenvalue weighted by atomic mass is 32.2. The molecule has 0 unspecified atom stereocenters. The van der Waals surface area contributed by atoms with E-state index in [2.05, 4.69) is 15.6 Å². The summed E-state index contributed by atoms with van der Waals surface area (Å²) in [5.74, 6) is 1.51. The predicted octanol–water partition coefficient (Wildman–Crippen LogP) is 0.875. The Morgan fingerprint density at radius 2 is 1.69 bits per heavy atom. The molecule has 0 fully saturated rings. The van der Waals surface area contributed by atoms with E-state index in [4.69, 9.17) is 0 Å². The number of hydrogen-bond donors (Lipinski definition) is 2. The van der Waals surface area contributed by atoms with Crippen LogP contribution in [0.5, 0.6) is 0 Å². The van der Waals surface area contributed by atoms with Crippen LogP contribution >= 0.6 is 11.8 Å². The molecule has 0 radical (unpaired) electrons. The van der Waals surface area contributed by atoms with Crippen molar-refractivity contribution < 1.29 is 9.59 Å². The monoisotopic (exact) mass is 379 g/mol. The lowest BCUT2D eigenvalue weighted by Crippen LogP contribution is -2.43. The van der Waals surface area contributed by atoms with Crippen LogP contribution in [0, 0.1) is 0 Å². The maximum atomic E-state index is 11.9. The highest BCUT2D eigenvalue weighted by molar-refractivity contribution is 7.98. The largest absolute Gasteiger partial charge is 0.356 e. The normalized spacial score (nSPS) is 11.0. The Labute approximate surface area is 160 Å². The van der Waals surface area contributed by atoms with Gasteiger partial charge >= 0.3 is 0 Å². The maximum absolute atomic E-state index is 11.9. The van der Waals surface area contributed by atoms with Crippen LogP contribution in [-0.4, -0.2) is 80.9 Å². The topological polar surface area (TPSA) is 77.0 Å². The molecule has 1 aromatic rings. The summed E-state index contributed by atoms with van der Waals surface area (Å²) in [6.07, 6.45) is 2.04. The molecule has 8 heteroatoms. The third kappa shape index (κ3) is 7.77. The van der Waals surface area contributed by atoms with E-state index in [9.17, 15) is 9.59 Å². The van der Waals surface area contributed by atoms with Crippen molar-refractivity contribution in [2.24, 2.45) is 4.99 Å². The highest BCUT2D eigenvalue weighted by Gasteiger charge is 2.08. The summed E-state index contributed by atoms with van der Waals surface area (Å²) in [5, 5.41) is 6.27. The SMILES string of the molecule is CSCCNC(=NCc1ccc(C(=O)N(C)C)cc1)NCC(=O)N(C)C. The zero-order valence-electron chi connectivity index (χ0n) is 16.2. The Morgan fingerprint density at radius 1 is 1.04 bits per heavy atom. The molecule has 1 aromatic carbocycles. The lowest BCUT2D eigenvalue weighted by molar-refractivity contribution is -0.127. The second-order valence-corrected chi connectivity index (χ2v) is 7.11. The number of hydrogen-bond acceptors (Lipinski definition) is 4. The van der Waals surface area contributed by atoms with Crippen molar-refractivity contribution in [2.75, 3.05) is 53.3 Å². The second-order valence-electron chi connectivity index (χ2n) is 6.12. The fourth-order valence-corrected chi connectivity index (χ4v) is 2.25. The molecule has 0 spiro atoms. The summed E-state index contributed by atoms with van der Waals surface area (Å²) in [7, 11) is 6.90. The van der Waals surface area contributed by atoms with Crippen LogP contribution in [0.1, 0.15) is 15.9 Å². The molecule has 0 heterocycles. The molecular weight excluding hydrogens is 350 g/mol. The van der Waals surface area contributed by atoms with E-state index in [1.165, 1.54) is 4.90 Å². The first kappa shape index (κ1) is 21.8. The van der Waals surface area contributed by atoms with Crippen molar-refractivity contribution in [3.63, 3.8) is 0 Å². The van der Waals surface area contributed by atoms with E-state index in [1.807, 2.05) is 18.4 Å². The number of guanidine groups is 1. The first-order chi connectivity index (χ1) is 12.3. The van der Waals surface area contributed by atoms with Gasteiger partial charge in [-0.1, -0.05) is 12.1 Å². The van der Waals surface area contributed by atoms with E-state index >= 15 is 0 Å². The Bertz CT molecular complexity index is 615. The molecule has 1 rings (SSSR count). The summed E-state index contributed by atoms with van der Waals surface area (Å²) in [5.41, 5.74) is 1.64. The van der Waals surface area contributed by atoms with E-state index in [0.717, 1.165) is 17.9 Å². The van der Waals surface area contributed by atoms with Crippen LogP contribution in [0.3, 0.4) is 0 Å². The lowest BCUT2D eigenvalue weighted by Gasteiger charge is -2.15. The van der Waals surface area contributed by atoms with Crippen LogP contribution in [-0.2, 0) is 11.3 Å². The molecule has 0 atom stereocenters. The van der Waals surface area contributed by atoms with E-state index < -0.39 is 0 Å². The number of rotatable bonds is 8. The number of carbonyl (C=O) groups is 2. The molecule has 7 nitrogen and oxygen atoms in total. The summed E-state index contributed by atoms with van der Waals surface area (Å²) in [6, 6.07) is 7.39. The van der Waals surface area contributed by atoms with Gasteiger partial charge in [0.1, 0.15) is 0 Å². The summed E-state index contributed by atoms with van der Waals surface area (Å²) >= 11 is 1.74. The zero-order chi connectivity index (χ0) is 19.5. The molecule has 0 saturated carbocycles. The van der Waals surface area contributed by atoms with Gasteiger partial charge in [0.05, 0.1) is 13.1 Å². The van der Waals surface area contributed by atoms with Crippen molar-refractivity contribution >= 4 is 29.5 Å². The Morgan fingerprint density at radius 3 is 2.23 bits per heavy atom. The first-order valence-electron chi connectivity index (χ1n) is 8.37. The van der Waals surface area contributed by atoms with E-state index in [0.29, 0.717) is 18.1 Å². The number of amides is 2. The fourth-order valence-electron chi connectivity index (χ4n) is 1.94. The van der Waals surface area contributed by atoms with Gasteiger partial charge in [0, 0.05) is 46.1 Å². The number of carbonyl (C=O) groups excluding carboxylic acids is 2. The molecule has 0 aliphatic heterocycles. The average molecular weight is 380 g/mol. The Balaban J connectivity index is 2.71. The van der Waals surface area contributed by atoms with Gasteiger partial charge in [0.25, 0.3) is 5.91 Å². The third-order valence-electron chi connectivity index (χ3n) is 3.53. The Kier molecular flexibility index (Phi) is 9.57. The first-order valence-corrected chi connectivity index (χ1v) is 9.76. The fraction of sp³-hybridized carbons (Fsp3) is 0.500. The molecule has 2 N–H and O–H groups in total. The maximum Gasteiger partial charge on any atom is 0.253 e. The minimum absolute atomic E-state index is 0.0177. The average Bonchev–Trinajstić information content (AvgIpc) is 2.62. The third-order valence-corrected chi connectivity index (χ3v) is 4.14. The molecule has 0 aliphatic rings. The van der Waals surface area contributed by atoms with Gasteiger partial charge in [-0.15, -0.1) is 0 Å². The number of nitrogens with one attached hydrogen (secondary N) is 2. The van der Waals surface area contributed by atoms with Crippen molar-refractivity contribution in [2.45, 2.75) is 6.54 Å². The van der Waals surface area contributed by atoms with Crippen LogP contribution in [0.15, 0.2) is 29.3 Å². The zero-order valence-corrected chi connectivity index (χ0v) is 17.0. The van der Waals surface area contributed by atoms with Gasteiger partial charge < -0.3 is 20.4 Å². The van der Waals surface area contributed by atoms with Crippen molar-refractivity contribution in [1.29, 1.82) is 0 Å². The van der Waals surface area contributed by atoms with Gasteiger partial charge in [-0.2, -0.15) is 11.8 Å². The number of thioether (sulfide) groups is 1. The Hall–Kier alpha value is -2.22. The van der Waals surface area contributed by atoms with Gasteiger partial charge in [-0.3, -0.25) is 9.59 Å². The number of aliphatic imine (C=N–C) groups is 1. The molecular formula is C18H29N5O2S. The number of nitrogens with zero attached hydrogens (tertiary/aromatic N) is 3. The lowest BCUT2D eigenvalue weighted by atomic mass is 10.1. The number of benzene rings is 1. The molecule has 144 valence electrons. The van der Waals surface area contributed by atoms with Gasteiger partial charge in [0.2, 0.25) is 5.91 Å². The quantitative estimate of drug-likeness (QED) is 0.398. The van der Waals surface area contributed by atoms with Gasteiger partial charge in [-0.25, -0.2) is 4.99 Å². The molecule has 2 amide bonds. The molecule has 0 saturated heterocycles. The van der Waals surface area contributed by atoms with Crippen LogP contribution in [0.2, 0.25) is 0 Å². The molecule has 0 aliphatic carbocycles. The smallest absolute Gasteiger partial charge is 0.253 e. The van der Waals surface area contributed by atoms with Crippen molar-refractivity contribution in [3.8, 4) is 0 Å². The van der Waals surface area contributed by atoms with Crippen molar-refractivity contribution in [1.82, 2.24) is 20.4 Å². The van der Waals surface area contributed by atoms with Crippen LogP contribution in [0.25, 0.3) is 0 Å². The summed E-state index contributed by atoms with van der Waals surface area (Å²) in [6.45, 7) is 1.41. The van der Waals surface area contributed by atoms with E-state index in [1.54, 1.807) is 57.0 Å². The molecule has 0 aromatic heterocycles. The molecule has 0 bridgehead atoms. The standard InChI is InChI=1S/C18H29N5O2S/c1-22(2)16(24)13-21-18(19-10-11-26-5)20-12-14-6-8-15(9-7-14)17(25)23(3)4/h6-9H,10-13H2,1-5H3,(H2,19,20,21). The minimum atomic E-state index is -0.0247. The second kappa shape index (κ2) is 11.4.